The molecular formula is C17H16ClF2N5O3S. The molecule has 154 valence electrons. The van der Waals surface area contributed by atoms with E-state index < -0.39 is 34.8 Å². The number of aromatic nitrogens is 5. The van der Waals surface area contributed by atoms with Crippen molar-refractivity contribution in [2.45, 2.75) is 50.2 Å². The fraction of sp³-hybridized carbons (Fsp3) is 0.529. The number of aryl methyl sites for hydroxylation is 1. The van der Waals surface area contributed by atoms with E-state index in [9.17, 15) is 23.2 Å². The van der Waals surface area contributed by atoms with Crippen molar-refractivity contribution in [3.05, 3.63) is 48.1 Å². The maximum Gasteiger partial charge on any atom is 0.343 e. The lowest BCUT2D eigenvalue weighted by atomic mass is 10.2. The molecule has 3 aromatic heterocycles. The summed E-state index contributed by atoms with van der Waals surface area (Å²) in [6.45, 7) is 1.68. The van der Waals surface area contributed by atoms with E-state index >= 15 is 0 Å². The molecule has 8 nitrogen and oxygen atoms in total. The molecule has 3 aromatic rings. The molecule has 3 heterocycles. The predicted octanol–water partition coefficient (Wildman–Crippen LogP) is 1.67. The highest BCUT2D eigenvalue weighted by atomic mass is 35.5. The summed E-state index contributed by atoms with van der Waals surface area (Å²) in [6.07, 6.45) is 1.47. The SMILES string of the molecule is Cc1c(Cn2nc[nH]c2=O)sc2c1c(=O)n([C@H]1C[C@@H]1Cl)c(=O)n2CC1CC1(F)F. The van der Waals surface area contributed by atoms with Crippen LogP contribution in [-0.2, 0) is 13.1 Å². The van der Waals surface area contributed by atoms with Crippen molar-refractivity contribution in [3.8, 4) is 0 Å². The first-order chi connectivity index (χ1) is 13.7. The molecule has 0 aromatic carbocycles. The molecule has 3 atom stereocenters. The third-order valence-electron chi connectivity index (χ3n) is 5.63. The molecule has 0 bridgehead atoms. The lowest BCUT2D eigenvalue weighted by molar-refractivity contribution is 0.0950. The van der Waals surface area contributed by atoms with E-state index in [4.69, 9.17) is 11.6 Å². The summed E-state index contributed by atoms with van der Waals surface area (Å²) in [6, 6.07) is -0.427. The van der Waals surface area contributed by atoms with Crippen LogP contribution >= 0.6 is 22.9 Å². The van der Waals surface area contributed by atoms with Gasteiger partial charge in [0.05, 0.1) is 23.3 Å². The average molecular weight is 444 g/mol. The fourth-order valence-electron chi connectivity index (χ4n) is 3.65. The van der Waals surface area contributed by atoms with Gasteiger partial charge in [-0.3, -0.25) is 18.9 Å². The maximum absolute atomic E-state index is 13.6. The predicted molar refractivity (Wildman–Crippen MR) is 103 cm³/mol. The number of nitrogens with one attached hydrogen (secondary N) is 1. The second kappa shape index (κ2) is 6.11. The normalized spacial score (nSPS) is 24.9. The Morgan fingerprint density at radius 2 is 2.07 bits per heavy atom. The molecule has 1 unspecified atom stereocenters. The number of aromatic amines is 1. The van der Waals surface area contributed by atoms with Gasteiger partial charge in [-0.1, -0.05) is 0 Å². The van der Waals surface area contributed by atoms with Crippen LogP contribution in [0.1, 0.15) is 29.3 Å². The van der Waals surface area contributed by atoms with Crippen LogP contribution in [0.15, 0.2) is 20.7 Å². The highest BCUT2D eigenvalue weighted by Gasteiger charge is 2.57. The van der Waals surface area contributed by atoms with Crippen LogP contribution in [0.25, 0.3) is 10.2 Å². The second-order valence-electron chi connectivity index (χ2n) is 7.63. The van der Waals surface area contributed by atoms with Crippen LogP contribution in [0.2, 0.25) is 0 Å². The molecule has 2 fully saturated rings. The van der Waals surface area contributed by atoms with E-state index in [1.165, 1.54) is 15.6 Å². The van der Waals surface area contributed by atoms with E-state index in [0.29, 0.717) is 27.1 Å². The third kappa shape index (κ3) is 2.90. The molecule has 0 radical (unpaired) electrons. The number of hydrogen-bond acceptors (Lipinski definition) is 5. The van der Waals surface area contributed by atoms with Gasteiger partial charge in [0.15, 0.2) is 0 Å². The first-order valence-corrected chi connectivity index (χ1v) is 10.3. The van der Waals surface area contributed by atoms with Gasteiger partial charge < -0.3 is 0 Å². The number of H-pyrrole nitrogens is 1. The van der Waals surface area contributed by atoms with E-state index in [2.05, 4.69) is 10.1 Å². The standard InChI is InChI=1S/C17H16ClF2N5O3S/c1-7-11(5-24-15(27)21-6-22-24)29-14-12(7)13(26)25(10-2-9(10)18)16(28)23(14)4-8-3-17(8,19)20/h6,8-10H,2-5H2,1H3,(H,21,22,27)/t8?,9-,10-/m0/s1. The lowest BCUT2D eigenvalue weighted by Gasteiger charge is -2.11. The Bertz CT molecular complexity index is 1320. The number of alkyl halides is 3. The molecule has 29 heavy (non-hydrogen) atoms. The number of thiophene rings is 1. The van der Waals surface area contributed by atoms with E-state index in [-0.39, 0.29) is 24.9 Å². The molecule has 0 spiro atoms. The minimum absolute atomic E-state index is 0.113. The number of rotatable bonds is 5. The van der Waals surface area contributed by atoms with Crippen molar-refractivity contribution in [2.24, 2.45) is 5.92 Å². The van der Waals surface area contributed by atoms with Gasteiger partial charge in [-0.05, 0) is 18.9 Å². The minimum atomic E-state index is -2.79. The maximum atomic E-state index is 13.6. The molecule has 12 heteroatoms. The Hall–Kier alpha value is -2.27. The molecular weight excluding hydrogens is 428 g/mol. The van der Waals surface area contributed by atoms with Crippen molar-refractivity contribution in [1.82, 2.24) is 23.9 Å². The number of hydrogen-bond donors (Lipinski definition) is 1. The topological polar surface area (TPSA) is 94.7 Å². The third-order valence-corrected chi connectivity index (χ3v) is 7.39. The highest BCUT2D eigenvalue weighted by Crippen LogP contribution is 2.49. The minimum Gasteiger partial charge on any atom is -0.295 e. The van der Waals surface area contributed by atoms with Crippen molar-refractivity contribution >= 4 is 33.2 Å². The zero-order chi connectivity index (χ0) is 20.7. The summed E-state index contributed by atoms with van der Waals surface area (Å²) in [5.41, 5.74) is -0.867. The van der Waals surface area contributed by atoms with Gasteiger partial charge in [0.25, 0.3) is 11.5 Å². The van der Waals surface area contributed by atoms with Crippen molar-refractivity contribution in [2.75, 3.05) is 0 Å². The molecule has 0 aliphatic heterocycles. The number of halogens is 3. The zero-order valence-electron chi connectivity index (χ0n) is 15.2. The van der Waals surface area contributed by atoms with Crippen LogP contribution in [0.4, 0.5) is 8.78 Å². The van der Waals surface area contributed by atoms with Crippen LogP contribution < -0.4 is 16.9 Å². The smallest absolute Gasteiger partial charge is 0.295 e. The zero-order valence-corrected chi connectivity index (χ0v) is 16.8. The Balaban J connectivity index is 1.71. The molecule has 2 aliphatic rings. The molecule has 0 amide bonds. The summed E-state index contributed by atoms with van der Waals surface area (Å²) < 4.78 is 30.7. The summed E-state index contributed by atoms with van der Waals surface area (Å²) >= 11 is 7.23. The van der Waals surface area contributed by atoms with Gasteiger partial charge in [-0.2, -0.15) is 5.10 Å². The van der Waals surface area contributed by atoms with Gasteiger partial charge in [0.1, 0.15) is 11.2 Å². The van der Waals surface area contributed by atoms with Crippen LogP contribution in [0, 0.1) is 12.8 Å². The van der Waals surface area contributed by atoms with Gasteiger partial charge in [-0.15, -0.1) is 22.9 Å². The molecule has 2 saturated carbocycles. The van der Waals surface area contributed by atoms with Crippen molar-refractivity contribution < 1.29 is 8.78 Å². The van der Waals surface area contributed by atoms with Crippen LogP contribution in [-0.4, -0.2) is 35.2 Å². The highest BCUT2D eigenvalue weighted by molar-refractivity contribution is 7.18. The van der Waals surface area contributed by atoms with E-state index in [1.54, 1.807) is 6.92 Å². The molecule has 5 rings (SSSR count). The van der Waals surface area contributed by atoms with Crippen LogP contribution in [0.3, 0.4) is 0 Å². The monoisotopic (exact) mass is 443 g/mol. The molecule has 0 saturated heterocycles. The number of fused-ring (bicyclic) bond motifs is 1. The van der Waals surface area contributed by atoms with Crippen LogP contribution in [0.5, 0.6) is 0 Å². The molecule has 1 N–H and O–H groups in total. The van der Waals surface area contributed by atoms with Crippen molar-refractivity contribution in [1.29, 1.82) is 0 Å². The number of nitrogens with zero attached hydrogens (tertiary/aromatic N) is 4. The van der Waals surface area contributed by atoms with E-state index in [1.807, 2.05) is 0 Å². The Labute approximate surface area is 170 Å². The van der Waals surface area contributed by atoms with E-state index in [0.717, 1.165) is 15.9 Å². The van der Waals surface area contributed by atoms with Gasteiger partial charge >= 0.3 is 11.4 Å². The first-order valence-electron chi connectivity index (χ1n) is 9.08. The Morgan fingerprint density at radius 3 is 2.62 bits per heavy atom. The largest absolute Gasteiger partial charge is 0.343 e. The first kappa shape index (κ1) is 18.7. The second-order valence-corrected chi connectivity index (χ2v) is 9.28. The van der Waals surface area contributed by atoms with Crippen molar-refractivity contribution in [3.63, 3.8) is 0 Å². The summed E-state index contributed by atoms with van der Waals surface area (Å²) in [7, 11) is 0. The molecule has 2 aliphatic carbocycles. The Kier molecular flexibility index (Phi) is 3.95. The average Bonchev–Trinajstić information content (AvgIpc) is 3.38. The van der Waals surface area contributed by atoms with Gasteiger partial charge in [0.2, 0.25) is 0 Å². The lowest BCUT2D eigenvalue weighted by Crippen LogP contribution is -2.40. The Morgan fingerprint density at radius 1 is 1.38 bits per heavy atom. The van der Waals surface area contributed by atoms with Gasteiger partial charge in [-0.25, -0.2) is 23.1 Å². The fourth-order valence-corrected chi connectivity index (χ4v) is 5.23. The quantitative estimate of drug-likeness (QED) is 0.607. The summed E-state index contributed by atoms with van der Waals surface area (Å²) in [5.74, 6) is -3.72. The van der Waals surface area contributed by atoms with Gasteiger partial charge in [0, 0.05) is 23.8 Å². The summed E-state index contributed by atoms with van der Waals surface area (Å²) in [4.78, 5) is 41.4. The summed E-state index contributed by atoms with van der Waals surface area (Å²) in [5, 5.41) is 3.90.